The van der Waals surface area contributed by atoms with E-state index in [1.54, 1.807) is 49.1 Å². The Morgan fingerprint density at radius 3 is 1.93 bits per heavy atom. The van der Waals surface area contributed by atoms with E-state index in [1.807, 2.05) is 75.8 Å². The minimum atomic E-state index is -0.563. The summed E-state index contributed by atoms with van der Waals surface area (Å²) in [5.74, 6) is -0.0365. The monoisotopic (exact) mass is 992 g/mol. The number of carbonyl (C=O) groups is 2. The maximum Gasteiger partial charge on any atom is 0.325 e. The van der Waals surface area contributed by atoms with Crippen molar-refractivity contribution in [3.63, 3.8) is 0 Å². The Morgan fingerprint density at radius 2 is 1.37 bits per heavy atom. The molecule has 2 saturated carbocycles. The van der Waals surface area contributed by atoms with Gasteiger partial charge in [0.15, 0.2) is 22.9 Å². The van der Waals surface area contributed by atoms with Crippen LogP contribution in [0.25, 0.3) is 55.9 Å². The quantitative estimate of drug-likeness (QED) is 0.0905. The lowest BCUT2D eigenvalue weighted by molar-refractivity contribution is 0.0951. The molecule has 18 heteroatoms. The molecular formula is C53H48Cl2F2N12O2. The summed E-state index contributed by atoms with van der Waals surface area (Å²) in [6, 6.07) is 23.5. The predicted molar refractivity (Wildman–Crippen MR) is 274 cm³/mol. The van der Waals surface area contributed by atoms with Crippen molar-refractivity contribution < 1.29 is 18.4 Å². The molecule has 2 fully saturated rings. The molecule has 0 bridgehead atoms. The summed E-state index contributed by atoms with van der Waals surface area (Å²) >= 11 is 13.9. The highest BCUT2D eigenvalue weighted by atomic mass is 35.5. The number of rotatable bonds is 14. The average molecular weight is 994 g/mol. The van der Waals surface area contributed by atoms with Gasteiger partial charge in [-0.25, -0.2) is 33.5 Å². The molecule has 2 aliphatic rings. The van der Waals surface area contributed by atoms with E-state index in [1.165, 1.54) is 24.3 Å². The maximum atomic E-state index is 14.9. The van der Waals surface area contributed by atoms with E-state index in [0.29, 0.717) is 109 Å². The zero-order valence-corrected chi connectivity index (χ0v) is 40.6. The van der Waals surface area contributed by atoms with E-state index in [-0.39, 0.29) is 24.0 Å². The van der Waals surface area contributed by atoms with Crippen LogP contribution in [0.4, 0.5) is 30.9 Å². The fraction of sp³-hybridized carbons (Fsp3) is 0.264. The highest BCUT2D eigenvalue weighted by Crippen LogP contribution is 2.40. The van der Waals surface area contributed by atoms with Crippen molar-refractivity contribution >= 4 is 85.8 Å². The van der Waals surface area contributed by atoms with Crippen LogP contribution in [0.1, 0.15) is 68.8 Å². The summed E-state index contributed by atoms with van der Waals surface area (Å²) in [6.07, 6.45) is 11.0. The summed E-state index contributed by atoms with van der Waals surface area (Å²) in [5.41, 5.74) is 7.28. The first kappa shape index (κ1) is 46.0. The molecule has 2 aliphatic carbocycles. The van der Waals surface area contributed by atoms with Gasteiger partial charge in [-0.2, -0.15) is 0 Å². The van der Waals surface area contributed by atoms with Crippen LogP contribution in [0.3, 0.4) is 0 Å². The third-order valence-electron chi connectivity index (χ3n) is 12.9. The lowest BCUT2D eigenvalue weighted by atomic mass is 10.1. The van der Waals surface area contributed by atoms with Crippen LogP contribution in [0.5, 0.6) is 0 Å². The lowest BCUT2D eigenvalue weighted by Gasteiger charge is -2.40. The molecule has 5 aromatic heterocycles. The average Bonchev–Trinajstić information content (AvgIpc) is 4.27. The molecule has 9 aromatic rings. The van der Waals surface area contributed by atoms with Gasteiger partial charge in [-0.15, -0.1) is 0 Å². The van der Waals surface area contributed by atoms with Crippen molar-refractivity contribution in [1.29, 1.82) is 0 Å². The highest BCUT2D eigenvalue weighted by Gasteiger charge is 2.40. The topological polar surface area (TPSA) is 150 Å². The number of nitrogens with zero attached hydrogens (tertiary/aromatic N) is 9. The van der Waals surface area contributed by atoms with Gasteiger partial charge in [0.05, 0.1) is 67.1 Å². The third-order valence-corrected chi connectivity index (χ3v) is 13.5. The number of pyridine rings is 1. The van der Waals surface area contributed by atoms with Gasteiger partial charge in [0.25, 0.3) is 5.91 Å². The zero-order chi connectivity index (χ0) is 49.1. The number of carbonyl (C=O) groups excluding carboxylic acids is 2. The van der Waals surface area contributed by atoms with E-state index in [2.05, 4.69) is 20.9 Å². The Balaban J connectivity index is 0.840. The summed E-state index contributed by atoms with van der Waals surface area (Å²) < 4.78 is 33.3. The highest BCUT2D eigenvalue weighted by molar-refractivity contribution is 6.34. The molecule has 360 valence electrons. The van der Waals surface area contributed by atoms with Crippen molar-refractivity contribution in [1.82, 2.24) is 43.9 Å². The predicted octanol–water partition coefficient (Wildman–Crippen LogP) is 11.6. The van der Waals surface area contributed by atoms with Crippen LogP contribution in [0.2, 0.25) is 10.0 Å². The van der Waals surface area contributed by atoms with Gasteiger partial charge in [0.2, 0.25) is 0 Å². The molecule has 0 saturated heterocycles. The second kappa shape index (κ2) is 18.4. The minimum absolute atomic E-state index is 0.0309. The van der Waals surface area contributed by atoms with Gasteiger partial charge in [-0.1, -0.05) is 41.4 Å². The molecule has 0 atom stereocenters. The molecule has 0 spiro atoms. The molecule has 3 amide bonds. The molecule has 3 N–H and O–H groups in total. The molecular weight excluding hydrogens is 946 g/mol. The Morgan fingerprint density at radius 1 is 0.746 bits per heavy atom. The summed E-state index contributed by atoms with van der Waals surface area (Å²) in [5, 5.41) is 10.5. The van der Waals surface area contributed by atoms with E-state index in [0.717, 1.165) is 36.8 Å². The fourth-order valence-electron chi connectivity index (χ4n) is 9.03. The number of anilines is 3. The Kier molecular flexibility index (Phi) is 11.9. The van der Waals surface area contributed by atoms with Gasteiger partial charge in [0, 0.05) is 72.9 Å². The fourth-order valence-corrected chi connectivity index (χ4v) is 9.57. The van der Waals surface area contributed by atoms with E-state index >= 15 is 0 Å². The minimum Gasteiger partial charge on any atom is -0.367 e. The number of benzene rings is 4. The number of hydrogen-bond donors (Lipinski definition) is 3. The van der Waals surface area contributed by atoms with E-state index in [4.69, 9.17) is 43.1 Å². The number of urea groups is 1. The molecule has 4 aromatic carbocycles. The molecule has 11 rings (SSSR count). The van der Waals surface area contributed by atoms with Crippen LogP contribution < -0.4 is 20.9 Å². The van der Waals surface area contributed by atoms with Gasteiger partial charge in [0.1, 0.15) is 11.6 Å². The number of fused-ring (bicyclic) bond motifs is 6. The summed E-state index contributed by atoms with van der Waals surface area (Å²) in [7, 11) is 0. The Labute approximate surface area is 417 Å². The normalized spacial score (nSPS) is 13.8. The van der Waals surface area contributed by atoms with Crippen LogP contribution >= 0.6 is 23.2 Å². The van der Waals surface area contributed by atoms with Gasteiger partial charge in [-0.05, 0) is 113 Å². The first-order valence-electron chi connectivity index (χ1n) is 23.6. The van der Waals surface area contributed by atoms with Crippen LogP contribution in [-0.2, 0) is 6.54 Å². The smallest absolute Gasteiger partial charge is 0.325 e. The number of aromatic nitrogens is 7. The van der Waals surface area contributed by atoms with Crippen molar-refractivity contribution in [3.8, 4) is 22.5 Å². The van der Waals surface area contributed by atoms with Crippen LogP contribution in [0.15, 0.2) is 110 Å². The molecule has 71 heavy (non-hydrogen) atoms. The number of halogens is 4. The standard InChI is InChI=1S/C53H48Cl2F2N12O2/c1-53(2,3)66(21-5-20-59-47-49-61-28-45(68(49)43-24-33(56)9-16-40(43)64-47)31-7-15-37(38(54)22-31)51(70)63-35-11-12-35)52(71)67(36-13-14-36)42-18-8-32(23-39(42)55)46-29-62-50-48(60-27-30-6-4-19-58-26-30)65-41-17-10-34(57)25-44(41)69(46)50/h4,6-10,15-19,22-26,28-29,35-36H,5,11-14,20-21,27H2,1-3H3,(H,59,64)(H,60,65)(H,63,70). The Hall–Kier alpha value is -7.43. The Bertz CT molecular complexity index is 3550. The second-order valence-electron chi connectivity index (χ2n) is 19.1. The van der Waals surface area contributed by atoms with Crippen LogP contribution in [-0.4, -0.2) is 81.3 Å². The first-order valence-corrected chi connectivity index (χ1v) is 24.4. The van der Waals surface area contributed by atoms with Crippen LogP contribution in [0, 0.1) is 11.6 Å². The number of hydrogen-bond acceptors (Lipinski definition) is 9. The van der Waals surface area contributed by atoms with Crippen molar-refractivity contribution in [2.45, 2.75) is 77.0 Å². The van der Waals surface area contributed by atoms with Crippen molar-refractivity contribution in [3.05, 3.63) is 143 Å². The number of imidazole rings is 2. The lowest BCUT2D eigenvalue weighted by Crippen LogP contribution is -2.53. The number of amides is 3. The molecule has 0 aliphatic heterocycles. The zero-order valence-electron chi connectivity index (χ0n) is 39.1. The second-order valence-corrected chi connectivity index (χ2v) is 19.9. The van der Waals surface area contributed by atoms with Gasteiger partial charge >= 0.3 is 6.03 Å². The van der Waals surface area contributed by atoms with E-state index < -0.39 is 17.2 Å². The molecule has 5 heterocycles. The molecule has 0 radical (unpaired) electrons. The third kappa shape index (κ3) is 9.13. The number of nitrogens with one attached hydrogen (secondary N) is 3. The van der Waals surface area contributed by atoms with Gasteiger partial charge in [-0.3, -0.25) is 23.5 Å². The first-order chi connectivity index (χ1) is 34.3. The van der Waals surface area contributed by atoms with E-state index in [9.17, 15) is 18.4 Å². The summed E-state index contributed by atoms with van der Waals surface area (Å²) in [4.78, 5) is 54.8. The SMILES string of the molecule is CC(C)(C)N(CCCNc1nc2ccc(F)cc2n2c(-c3ccc(C(=O)NC4CC4)c(Cl)c3)cnc12)C(=O)N(c1ccc(-c2cnc3c(NCc4cccnc4)nc4ccc(F)cc4n23)cc1Cl)C1CC1. The largest absolute Gasteiger partial charge is 0.367 e. The van der Waals surface area contributed by atoms with Crippen molar-refractivity contribution in [2.24, 2.45) is 0 Å². The maximum absolute atomic E-state index is 14.9. The molecule has 14 nitrogen and oxygen atoms in total. The van der Waals surface area contributed by atoms with Crippen molar-refractivity contribution in [2.75, 3.05) is 28.6 Å². The summed E-state index contributed by atoms with van der Waals surface area (Å²) in [6.45, 7) is 7.33. The van der Waals surface area contributed by atoms with Gasteiger partial charge < -0.3 is 20.9 Å². The molecule has 0 unspecified atom stereocenters.